The molecule has 0 amide bonds. The van der Waals surface area contributed by atoms with E-state index in [2.05, 4.69) is 25.3 Å². The average Bonchev–Trinajstić information content (AvgIpc) is 3.34. The molecule has 1 unspecified atom stereocenters. The van der Waals surface area contributed by atoms with Gasteiger partial charge in [-0.3, -0.25) is 10.00 Å². The second-order valence-corrected chi connectivity index (χ2v) is 6.98. The minimum Gasteiger partial charge on any atom is -0.374 e. The predicted octanol–water partition coefficient (Wildman–Crippen LogP) is 2.29. The van der Waals surface area contributed by atoms with Crippen LogP contribution >= 0.6 is 11.3 Å². The van der Waals surface area contributed by atoms with Gasteiger partial charge in [-0.25, -0.2) is 4.98 Å². The molecule has 1 saturated heterocycles. The standard InChI is InChI=1S/C16H19N7S/c17-16-22-19-13(24-16)8-10-23-9-4-7-12(23)15-18-14(20-21-15)11-5-2-1-3-6-11/h1-3,5-6,12H,4,7-10H2,(H2,17,22)(H,18,20,21). The molecule has 0 saturated carbocycles. The van der Waals surface area contributed by atoms with Crippen LogP contribution in [0.1, 0.15) is 29.7 Å². The van der Waals surface area contributed by atoms with Crippen molar-refractivity contribution in [3.63, 3.8) is 0 Å². The van der Waals surface area contributed by atoms with Gasteiger partial charge in [-0.15, -0.1) is 10.2 Å². The van der Waals surface area contributed by atoms with E-state index >= 15 is 0 Å². The van der Waals surface area contributed by atoms with Crippen molar-refractivity contribution in [3.8, 4) is 11.4 Å². The molecule has 0 bridgehead atoms. The largest absolute Gasteiger partial charge is 0.374 e. The minimum atomic E-state index is 0.292. The van der Waals surface area contributed by atoms with E-state index < -0.39 is 0 Å². The van der Waals surface area contributed by atoms with Crippen LogP contribution in [0.15, 0.2) is 30.3 Å². The van der Waals surface area contributed by atoms with E-state index in [1.807, 2.05) is 30.3 Å². The van der Waals surface area contributed by atoms with Crippen molar-refractivity contribution in [2.75, 3.05) is 18.8 Å². The number of anilines is 1. The number of nitrogens with zero attached hydrogens (tertiary/aromatic N) is 5. The third-order valence-corrected chi connectivity index (χ3v) is 5.12. The van der Waals surface area contributed by atoms with Gasteiger partial charge >= 0.3 is 0 Å². The summed E-state index contributed by atoms with van der Waals surface area (Å²) in [4.78, 5) is 7.16. The van der Waals surface area contributed by atoms with Crippen molar-refractivity contribution in [1.29, 1.82) is 0 Å². The van der Waals surface area contributed by atoms with E-state index in [1.54, 1.807) is 0 Å². The molecule has 0 radical (unpaired) electrons. The molecule has 0 spiro atoms. The van der Waals surface area contributed by atoms with E-state index in [4.69, 9.17) is 10.7 Å². The van der Waals surface area contributed by atoms with E-state index in [0.717, 1.165) is 48.2 Å². The van der Waals surface area contributed by atoms with Crippen molar-refractivity contribution in [2.24, 2.45) is 0 Å². The summed E-state index contributed by atoms with van der Waals surface area (Å²) in [5.74, 6) is 1.71. The fourth-order valence-corrected chi connectivity index (χ4v) is 3.75. The summed E-state index contributed by atoms with van der Waals surface area (Å²) in [5.41, 5.74) is 6.68. The monoisotopic (exact) mass is 341 g/mol. The lowest BCUT2D eigenvalue weighted by Crippen LogP contribution is -2.26. The van der Waals surface area contributed by atoms with Crippen molar-refractivity contribution >= 4 is 16.5 Å². The lowest BCUT2D eigenvalue weighted by atomic mass is 10.2. The molecule has 4 rings (SSSR count). The number of likely N-dealkylation sites (tertiary alicyclic amines) is 1. The zero-order chi connectivity index (χ0) is 16.4. The van der Waals surface area contributed by atoms with Crippen LogP contribution in [0, 0.1) is 0 Å². The van der Waals surface area contributed by atoms with Crippen LogP contribution in [0.2, 0.25) is 0 Å². The number of nitrogens with one attached hydrogen (secondary N) is 1. The molecule has 3 heterocycles. The Kier molecular flexibility index (Phi) is 4.22. The van der Waals surface area contributed by atoms with Gasteiger partial charge in [0, 0.05) is 18.5 Å². The second kappa shape index (κ2) is 6.66. The number of aromatic nitrogens is 5. The molecule has 1 atom stereocenters. The van der Waals surface area contributed by atoms with E-state index in [1.165, 1.54) is 17.8 Å². The van der Waals surface area contributed by atoms with Crippen LogP contribution < -0.4 is 5.73 Å². The van der Waals surface area contributed by atoms with Gasteiger partial charge in [0.2, 0.25) is 5.13 Å². The molecule has 124 valence electrons. The van der Waals surface area contributed by atoms with Crippen LogP contribution in [-0.2, 0) is 6.42 Å². The van der Waals surface area contributed by atoms with Gasteiger partial charge in [0.05, 0.1) is 6.04 Å². The molecule has 8 heteroatoms. The lowest BCUT2D eigenvalue weighted by Gasteiger charge is -2.21. The highest BCUT2D eigenvalue weighted by Crippen LogP contribution is 2.31. The van der Waals surface area contributed by atoms with Crippen LogP contribution in [0.4, 0.5) is 5.13 Å². The fourth-order valence-electron chi connectivity index (χ4n) is 3.15. The molecule has 1 aromatic carbocycles. The molecule has 1 aliphatic heterocycles. The van der Waals surface area contributed by atoms with Crippen LogP contribution in [0.25, 0.3) is 11.4 Å². The Balaban J connectivity index is 1.46. The maximum atomic E-state index is 5.65. The molecule has 24 heavy (non-hydrogen) atoms. The van der Waals surface area contributed by atoms with Crippen molar-refractivity contribution in [2.45, 2.75) is 25.3 Å². The molecule has 3 N–H and O–H groups in total. The number of nitrogens with two attached hydrogens (primary N) is 1. The maximum Gasteiger partial charge on any atom is 0.203 e. The summed E-state index contributed by atoms with van der Waals surface area (Å²) < 4.78 is 0. The molecular formula is C16H19N7S. The van der Waals surface area contributed by atoms with Crippen LogP contribution in [0.5, 0.6) is 0 Å². The summed E-state index contributed by atoms with van der Waals surface area (Å²) in [6.07, 6.45) is 3.14. The zero-order valence-corrected chi connectivity index (χ0v) is 14.0. The van der Waals surface area contributed by atoms with Gasteiger partial charge in [-0.05, 0) is 19.4 Å². The number of nitrogen functional groups attached to an aromatic ring is 1. The van der Waals surface area contributed by atoms with Crippen LogP contribution in [-0.4, -0.2) is 43.4 Å². The van der Waals surface area contributed by atoms with Crippen molar-refractivity contribution < 1.29 is 0 Å². The second-order valence-electron chi connectivity index (χ2n) is 5.89. The third-order valence-electron chi connectivity index (χ3n) is 4.31. The highest BCUT2D eigenvalue weighted by Gasteiger charge is 2.28. The Labute approximate surface area is 143 Å². The molecule has 1 aliphatic rings. The lowest BCUT2D eigenvalue weighted by molar-refractivity contribution is 0.252. The van der Waals surface area contributed by atoms with Crippen LogP contribution in [0.3, 0.4) is 0 Å². The maximum absolute atomic E-state index is 5.65. The number of hydrogen-bond donors (Lipinski definition) is 2. The first-order valence-electron chi connectivity index (χ1n) is 8.09. The average molecular weight is 341 g/mol. The van der Waals surface area contributed by atoms with Gasteiger partial charge in [0.1, 0.15) is 10.8 Å². The molecule has 1 fully saturated rings. The Morgan fingerprint density at radius 1 is 1.25 bits per heavy atom. The summed E-state index contributed by atoms with van der Waals surface area (Å²) in [5, 5.41) is 17.0. The first kappa shape index (κ1) is 15.2. The number of H-pyrrole nitrogens is 1. The van der Waals surface area contributed by atoms with E-state index in [-0.39, 0.29) is 0 Å². The van der Waals surface area contributed by atoms with Crippen molar-refractivity contribution in [1.82, 2.24) is 30.3 Å². The summed E-state index contributed by atoms with van der Waals surface area (Å²) in [6.45, 7) is 2.00. The highest BCUT2D eigenvalue weighted by molar-refractivity contribution is 7.15. The summed E-state index contributed by atoms with van der Waals surface area (Å²) >= 11 is 1.46. The Bertz CT molecular complexity index is 798. The van der Waals surface area contributed by atoms with Crippen molar-refractivity contribution in [3.05, 3.63) is 41.2 Å². The number of rotatable bonds is 5. The smallest absolute Gasteiger partial charge is 0.203 e. The van der Waals surface area contributed by atoms with Gasteiger partial charge in [-0.1, -0.05) is 41.7 Å². The first-order chi connectivity index (χ1) is 11.8. The summed E-state index contributed by atoms with van der Waals surface area (Å²) in [7, 11) is 0. The minimum absolute atomic E-state index is 0.292. The zero-order valence-electron chi connectivity index (χ0n) is 13.2. The first-order valence-corrected chi connectivity index (χ1v) is 8.91. The molecule has 0 aliphatic carbocycles. The molecule has 7 nitrogen and oxygen atoms in total. The molecular weight excluding hydrogens is 322 g/mol. The molecule has 2 aromatic heterocycles. The third kappa shape index (κ3) is 3.15. The predicted molar refractivity (Wildman–Crippen MR) is 93.4 cm³/mol. The van der Waals surface area contributed by atoms with Gasteiger partial charge in [0.15, 0.2) is 5.82 Å². The molecule has 3 aromatic rings. The fraction of sp³-hybridized carbons (Fsp3) is 0.375. The van der Waals surface area contributed by atoms with E-state index in [9.17, 15) is 0 Å². The normalized spacial score (nSPS) is 18.2. The quantitative estimate of drug-likeness (QED) is 0.739. The number of hydrogen-bond acceptors (Lipinski definition) is 7. The Morgan fingerprint density at radius 2 is 2.12 bits per heavy atom. The van der Waals surface area contributed by atoms with Gasteiger partial charge < -0.3 is 5.73 Å². The number of benzene rings is 1. The van der Waals surface area contributed by atoms with Gasteiger partial charge in [-0.2, -0.15) is 5.10 Å². The highest BCUT2D eigenvalue weighted by atomic mass is 32.1. The van der Waals surface area contributed by atoms with Gasteiger partial charge in [0.25, 0.3) is 0 Å². The summed E-state index contributed by atoms with van der Waals surface area (Å²) in [6, 6.07) is 10.3. The Morgan fingerprint density at radius 3 is 2.92 bits per heavy atom. The number of aromatic amines is 1. The van der Waals surface area contributed by atoms with E-state index in [0.29, 0.717) is 11.2 Å². The Hall–Kier alpha value is -2.32. The topological polar surface area (TPSA) is 96.6 Å². The SMILES string of the molecule is Nc1nnc(CCN2CCCC2c2nc(-c3ccccc3)n[nH]2)s1.